The molecule has 1 saturated heterocycles. The average molecular weight is 513 g/mol. The first-order valence-electron chi connectivity index (χ1n) is 12.2. The third kappa shape index (κ3) is 5.09. The van der Waals surface area contributed by atoms with Crippen LogP contribution in [0.5, 0.6) is 5.75 Å². The lowest BCUT2D eigenvalue weighted by Crippen LogP contribution is -2.18. The van der Waals surface area contributed by atoms with Crippen molar-refractivity contribution in [1.82, 2.24) is 4.98 Å². The Morgan fingerprint density at radius 2 is 1.62 bits per heavy atom. The fraction of sp³-hybridized carbons (Fsp3) is 0.200. The van der Waals surface area contributed by atoms with Gasteiger partial charge in [0.25, 0.3) is 0 Å². The van der Waals surface area contributed by atoms with Crippen molar-refractivity contribution in [2.24, 2.45) is 0 Å². The minimum Gasteiger partial charge on any atom is -0.497 e. The SMILES string of the molecule is COc1cc(-c2c(F)c(NC(c3ccccc3)c3ccccc3)nc(Cl)c2C#N)cc(N2CCCC2)c1. The Hall–Kier alpha value is -4.08. The van der Waals surface area contributed by atoms with E-state index in [1.54, 1.807) is 13.2 Å². The second kappa shape index (κ2) is 10.9. The van der Waals surface area contributed by atoms with E-state index in [0.29, 0.717) is 11.3 Å². The van der Waals surface area contributed by atoms with Crippen LogP contribution in [0.3, 0.4) is 0 Å². The molecule has 1 N–H and O–H groups in total. The lowest BCUT2D eigenvalue weighted by Gasteiger charge is -2.23. The minimum absolute atomic E-state index is 0.0127. The zero-order chi connectivity index (χ0) is 25.8. The van der Waals surface area contributed by atoms with Gasteiger partial charge in [-0.15, -0.1) is 0 Å². The lowest BCUT2D eigenvalue weighted by atomic mass is 9.97. The van der Waals surface area contributed by atoms with E-state index < -0.39 is 5.82 Å². The van der Waals surface area contributed by atoms with Gasteiger partial charge in [-0.2, -0.15) is 5.26 Å². The molecule has 0 spiro atoms. The van der Waals surface area contributed by atoms with Gasteiger partial charge >= 0.3 is 0 Å². The van der Waals surface area contributed by atoms with E-state index in [4.69, 9.17) is 16.3 Å². The molecule has 1 fully saturated rings. The highest BCUT2D eigenvalue weighted by Crippen LogP contribution is 2.39. The minimum atomic E-state index is -0.640. The first-order valence-corrected chi connectivity index (χ1v) is 12.6. The van der Waals surface area contributed by atoms with Gasteiger partial charge in [0, 0.05) is 30.4 Å². The molecular weight excluding hydrogens is 487 g/mol. The van der Waals surface area contributed by atoms with Crippen molar-refractivity contribution in [3.63, 3.8) is 0 Å². The molecule has 1 aromatic heterocycles. The molecule has 4 aromatic rings. The Morgan fingerprint density at radius 1 is 1.00 bits per heavy atom. The Kier molecular flexibility index (Phi) is 7.25. The topological polar surface area (TPSA) is 61.2 Å². The van der Waals surface area contributed by atoms with Crippen molar-refractivity contribution < 1.29 is 9.13 Å². The van der Waals surface area contributed by atoms with Crippen LogP contribution in [-0.4, -0.2) is 25.2 Å². The first-order chi connectivity index (χ1) is 18.1. The fourth-order valence-electron chi connectivity index (χ4n) is 4.79. The number of nitrogens with zero attached hydrogens (tertiary/aromatic N) is 3. The second-order valence-corrected chi connectivity index (χ2v) is 9.30. The van der Waals surface area contributed by atoms with E-state index in [2.05, 4.69) is 21.3 Å². The number of ether oxygens (including phenoxy) is 1. The van der Waals surface area contributed by atoms with Gasteiger partial charge in [-0.3, -0.25) is 0 Å². The maximum Gasteiger partial charge on any atom is 0.174 e. The predicted molar refractivity (Wildman–Crippen MR) is 146 cm³/mol. The van der Waals surface area contributed by atoms with Crippen LogP contribution in [0.2, 0.25) is 5.15 Å². The largest absolute Gasteiger partial charge is 0.497 e. The summed E-state index contributed by atoms with van der Waals surface area (Å²) in [6.45, 7) is 1.83. The van der Waals surface area contributed by atoms with Gasteiger partial charge in [0.05, 0.1) is 13.2 Å². The molecule has 5 rings (SSSR count). The average Bonchev–Trinajstić information content (AvgIpc) is 3.49. The number of pyridine rings is 1. The highest BCUT2D eigenvalue weighted by molar-refractivity contribution is 6.31. The van der Waals surface area contributed by atoms with Crippen LogP contribution >= 0.6 is 11.6 Å². The molecule has 1 aliphatic heterocycles. The second-order valence-electron chi connectivity index (χ2n) is 8.94. The number of rotatable bonds is 7. The number of methoxy groups -OCH3 is 1. The summed E-state index contributed by atoms with van der Waals surface area (Å²) in [5.74, 6) is -0.0859. The molecule has 0 unspecified atom stereocenters. The smallest absolute Gasteiger partial charge is 0.174 e. The summed E-state index contributed by atoms with van der Waals surface area (Å²) in [7, 11) is 1.57. The van der Waals surface area contributed by atoms with Crippen molar-refractivity contribution in [2.45, 2.75) is 18.9 Å². The molecule has 2 heterocycles. The summed E-state index contributed by atoms with van der Waals surface area (Å²) in [4.78, 5) is 6.51. The Labute approximate surface area is 221 Å². The fourth-order valence-corrected chi connectivity index (χ4v) is 5.01. The summed E-state index contributed by atoms with van der Waals surface area (Å²) in [5, 5.41) is 13.1. The molecule has 0 atom stereocenters. The Bertz CT molecular complexity index is 1390. The molecule has 0 bridgehead atoms. The van der Waals surface area contributed by atoms with Crippen molar-refractivity contribution in [3.8, 4) is 22.9 Å². The zero-order valence-corrected chi connectivity index (χ0v) is 21.2. The molecular formula is C30H26ClFN4O. The standard InChI is InChI=1S/C30H26ClFN4O/c1-37-24-17-22(16-23(18-24)36-14-8-9-15-36)26-25(19-33)29(31)35-30(27(26)32)34-28(20-10-4-2-5-11-20)21-12-6-3-7-13-21/h2-7,10-13,16-18,28H,8-9,14-15H2,1H3,(H,34,35). The molecule has 5 nitrogen and oxygen atoms in total. The van der Waals surface area contributed by atoms with E-state index >= 15 is 4.39 Å². The number of nitriles is 1. The van der Waals surface area contributed by atoms with E-state index in [9.17, 15) is 5.26 Å². The van der Waals surface area contributed by atoms with Crippen LogP contribution < -0.4 is 15.0 Å². The van der Waals surface area contributed by atoms with Gasteiger partial charge in [0.1, 0.15) is 22.5 Å². The third-order valence-electron chi connectivity index (χ3n) is 6.64. The highest BCUT2D eigenvalue weighted by atomic mass is 35.5. The van der Waals surface area contributed by atoms with Crippen molar-refractivity contribution in [1.29, 1.82) is 5.26 Å². The lowest BCUT2D eigenvalue weighted by molar-refractivity contribution is 0.415. The van der Waals surface area contributed by atoms with E-state index in [1.165, 1.54) is 0 Å². The molecule has 0 aliphatic carbocycles. The van der Waals surface area contributed by atoms with Crippen LogP contribution in [0.25, 0.3) is 11.1 Å². The van der Waals surface area contributed by atoms with E-state index in [1.807, 2.05) is 72.8 Å². The van der Waals surface area contributed by atoms with Gasteiger partial charge in [-0.05, 0) is 41.7 Å². The third-order valence-corrected chi connectivity index (χ3v) is 6.91. The number of aromatic nitrogens is 1. The zero-order valence-electron chi connectivity index (χ0n) is 20.4. The van der Waals surface area contributed by atoms with Crippen LogP contribution in [-0.2, 0) is 0 Å². The van der Waals surface area contributed by atoms with E-state index in [-0.39, 0.29) is 28.1 Å². The van der Waals surface area contributed by atoms with Gasteiger partial charge in [-0.25, -0.2) is 9.37 Å². The molecule has 3 aromatic carbocycles. The number of nitrogens with one attached hydrogen (secondary N) is 1. The monoisotopic (exact) mass is 512 g/mol. The van der Waals surface area contributed by atoms with E-state index in [0.717, 1.165) is 42.7 Å². The highest BCUT2D eigenvalue weighted by Gasteiger charge is 2.25. The van der Waals surface area contributed by atoms with Gasteiger partial charge in [-0.1, -0.05) is 72.3 Å². The molecule has 0 amide bonds. The molecule has 186 valence electrons. The summed E-state index contributed by atoms with van der Waals surface area (Å²) >= 11 is 6.49. The number of hydrogen-bond donors (Lipinski definition) is 1. The molecule has 0 saturated carbocycles. The molecule has 7 heteroatoms. The molecule has 1 aliphatic rings. The van der Waals surface area contributed by atoms with Gasteiger partial charge in [0.15, 0.2) is 11.6 Å². The van der Waals surface area contributed by atoms with Crippen LogP contribution in [0.1, 0.15) is 35.6 Å². The summed E-state index contributed by atoms with van der Waals surface area (Å²) in [6, 6.07) is 26.7. The Balaban J connectivity index is 1.64. The maximum atomic E-state index is 16.3. The quantitative estimate of drug-likeness (QED) is 0.265. The predicted octanol–water partition coefficient (Wildman–Crippen LogP) is 7.22. The van der Waals surface area contributed by atoms with Crippen molar-refractivity contribution >= 4 is 23.1 Å². The van der Waals surface area contributed by atoms with Gasteiger partial charge in [0.2, 0.25) is 0 Å². The van der Waals surface area contributed by atoms with Crippen LogP contribution in [0, 0.1) is 17.1 Å². The number of hydrogen-bond acceptors (Lipinski definition) is 5. The first kappa shape index (κ1) is 24.6. The Morgan fingerprint density at radius 3 is 2.19 bits per heavy atom. The molecule has 37 heavy (non-hydrogen) atoms. The maximum absolute atomic E-state index is 16.3. The number of anilines is 2. The normalized spacial score (nSPS) is 13.0. The van der Waals surface area contributed by atoms with Crippen molar-refractivity contribution in [2.75, 3.05) is 30.4 Å². The van der Waals surface area contributed by atoms with Crippen LogP contribution in [0.15, 0.2) is 78.9 Å². The van der Waals surface area contributed by atoms with Gasteiger partial charge < -0.3 is 15.0 Å². The molecule has 0 radical (unpaired) electrons. The number of halogens is 2. The summed E-state index contributed by atoms with van der Waals surface area (Å²) < 4.78 is 21.9. The number of benzene rings is 3. The summed E-state index contributed by atoms with van der Waals surface area (Å²) in [5.41, 5.74) is 3.40. The summed E-state index contributed by atoms with van der Waals surface area (Å²) in [6.07, 6.45) is 2.19. The van der Waals surface area contributed by atoms with Crippen molar-refractivity contribution in [3.05, 3.63) is 107 Å². The van der Waals surface area contributed by atoms with Crippen LogP contribution in [0.4, 0.5) is 15.9 Å².